The Labute approximate surface area is 144 Å². The van der Waals surface area contributed by atoms with Crippen molar-refractivity contribution in [3.05, 3.63) is 33.4 Å². The van der Waals surface area contributed by atoms with Crippen molar-refractivity contribution in [2.45, 2.75) is 19.4 Å². The number of benzene rings is 1. The number of carbonyl (C=O) groups is 1. The minimum Gasteiger partial charge on any atom is -0.392 e. The number of piperazine rings is 1. The maximum absolute atomic E-state index is 12.4. The molecule has 0 aromatic heterocycles. The summed E-state index contributed by atoms with van der Waals surface area (Å²) >= 11 is 7.36. The molecule has 0 bridgehead atoms. The van der Waals surface area contributed by atoms with Crippen LogP contribution in [0.4, 0.5) is 0 Å². The topological polar surface area (TPSA) is 49.6 Å². The van der Waals surface area contributed by atoms with Crippen LogP contribution in [-0.4, -0.2) is 52.9 Å². The van der Waals surface area contributed by atoms with Crippen LogP contribution in [0.3, 0.4) is 0 Å². The van der Waals surface area contributed by atoms with E-state index in [4.69, 9.17) is 18.0 Å². The van der Waals surface area contributed by atoms with Gasteiger partial charge in [-0.2, -0.15) is 0 Å². The van der Waals surface area contributed by atoms with Crippen molar-refractivity contribution in [3.8, 4) is 0 Å². The summed E-state index contributed by atoms with van der Waals surface area (Å²) in [7, 11) is 0. The van der Waals surface area contributed by atoms with Gasteiger partial charge in [-0.3, -0.25) is 9.69 Å². The molecule has 1 aromatic rings. The smallest absolute Gasteiger partial charge is 0.253 e. The Balaban J connectivity index is 1.96. The zero-order chi connectivity index (χ0) is 15.4. The summed E-state index contributed by atoms with van der Waals surface area (Å²) < 4.78 is 1.14. The van der Waals surface area contributed by atoms with Crippen LogP contribution in [0.15, 0.2) is 24.3 Å². The summed E-state index contributed by atoms with van der Waals surface area (Å²) in [6.45, 7) is 5.19. The number of nitrogens with zero attached hydrogens (tertiary/aromatic N) is 2. The van der Waals surface area contributed by atoms with Gasteiger partial charge >= 0.3 is 0 Å². The van der Waals surface area contributed by atoms with E-state index in [2.05, 4.69) is 34.4 Å². The minimum absolute atomic E-state index is 0.106. The van der Waals surface area contributed by atoms with Gasteiger partial charge in [0.05, 0.1) is 11.0 Å². The van der Waals surface area contributed by atoms with Crippen LogP contribution in [0.5, 0.6) is 0 Å². The van der Waals surface area contributed by atoms with Gasteiger partial charge in [0.25, 0.3) is 5.91 Å². The average Bonchev–Trinajstić information content (AvgIpc) is 2.48. The van der Waals surface area contributed by atoms with Crippen LogP contribution < -0.4 is 5.73 Å². The van der Waals surface area contributed by atoms with E-state index in [9.17, 15) is 4.79 Å². The Hall–Kier alpha value is -0.730. The third-order valence-electron chi connectivity index (χ3n) is 3.85. The first kappa shape index (κ1) is 16.6. The number of hydrogen-bond donors (Lipinski definition) is 1. The quantitative estimate of drug-likeness (QED) is 0.603. The average molecular weight is 417 g/mol. The second-order valence-electron chi connectivity index (χ2n) is 5.16. The number of amides is 1. The van der Waals surface area contributed by atoms with Crippen LogP contribution in [-0.2, 0) is 0 Å². The van der Waals surface area contributed by atoms with E-state index in [1.54, 1.807) is 0 Å². The van der Waals surface area contributed by atoms with E-state index < -0.39 is 0 Å². The number of halogens is 1. The van der Waals surface area contributed by atoms with Crippen molar-refractivity contribution in [2.24, 2.45) is 5.73 Å². The Morgan fingerprint density at radius 1 is 1.29 bits per heavy atom. The molecule has 1 saturated heterocycles. The lowest BCUT2D eigenvalue weighted by Gasteiger charge is -2.38. The molecule has 1 amide bonds. The molecule has 0 saturated carbocycles. The van der Waals surface area contributed by atoms with Gasteiger partial charge in [0.1, 0.15) is 0 Å². The normalized spacial score (nSPS) is 17.5. The molecule has 0 radical (unpaired) electrons. The van der Waals surface area contributed by atoms with Gasteiger partial charge in [0, 0.05) is 35.3 Å². The van der Waals surface area contributed by atoms with Crippen LogP contribution in [0.1, 0.15) is 23.7 Å². The first-order valence-corrected chi connectivity index (χ1v) is 8.60. The molecule has 2 N–H and O–H groups in total. The van der Waals surface area contributed by atoms with Crippen molar-refractivity contribution in [1.29, 1.82) is 0 Å². The number of rotatable bonds is 4. The third-order valence-corrected chi connectivity index (χ3v) is 4.84. The fourth-order valence-corrected chi connectivity index (χ4v) is 3.33. The van der Waals surface area contributed by atoms with Crippen molar-refractivity contribution < 1.29 is 4.79 Å². The summed E-state index contributed by atoms with van der Waals surface area (Å²) in [4.78, 5) is 17.2. The highest BCUT2D eigenvalue weighted by Crippen LogP contribution is 2.14. The summed E-state index contributed by atoms with van der Waals surface area (Å²) in [6.07, 6.45) is 0.917. The first-order valence-electron chi connectivity index (χ1n) is 7.11. The van der Waals surface area contributed by atoms with Crippen molar-refractivity contribution in [3.63, 3.8) is 0 Å². The largest absolute Gasteiger partial charge is 0.392 e. The molecule has 0 spiro atoms. The molecule has 1 atom stereocenters. The first-order chi connectivity index (χ1) is 10.0. The second kappa shape index (κ2) is 7.51. The van der Waals surface area contributed by atoms with Crippen LogP contribution in [0.2, 0.25) is 0 Å². The van der Waals surface area contributed by atoms with Crippen molar-refractivity contribution >= 4 is 45.7 Å². The standard InChI is InChI=1S/C15H20IN3OS/c1-2-13(14(17)21)18-7-9-19(10-8-18)15(20)11-3-5-12(16)6-4-11/h3-6,13H,2,7-10H2,1H3,(H2,17,21). The molecule has 1 aromatic carbocycles. The summed E-state index contributed by atoms with van der Waals surface area (Å²) in [5.74, 6) is 0.106. The number of nitrogens with two attached hydrogens (primary N) is 1. The molecule has 1 fully saturated rings. The molecular weight excluding hydrogens is 397 g/mol. The van der Waals surface area contributed by atoms with Gasteiger partial charge in [-0.1, -0.05) is 19.1 Å². The number of thiocarbonyl (C=S) groups is 1. The zero-order valence-corrected chi connectivity index (χ0v) is 15.1. The van der Waals surface area contributed by atoms with Crippen LogP contribution >= 0.6 is 34.8 Å². The molecule has 21 heavy (non-hydrogen) atoms. The zero-order valence-electron chi connectivity index (χ0n) is 12.1. The highest BCUT2D eigenvalue weighted by atomic mass is 127. The molecule has 4 nitrogen and oxygen atoms in total. The number of hydrogen-bond acceptors (Lipinski definition) is 3. The van der Waals surface area contributed by atoms with E-state index in [-0.39, 0.29) is 11.9 Å². The second-order valence-corrected chi connectivity index (χ2v) is 6.88. The lowest BCUT2D eigenvalue weighted by atomic mass is 10.1. The van der Waals surface area contributed by atoms with Gasteiger partial charge < -0.3 is 10.6 Å². The lowest BCUT2D eigenvalue weighted by molar-refractivity contribution is 0.0612. The van der Waals surface area contributed by atoms with Gasteiger partial charge in [-0.25, -0.2) is 0 Å². The predicted octanol–water partition coefficient (Wildman–Crippen LogP) is 2.11. The Morgan fingerprint density at radius 3 is 2.33 bits per heavy atom. The number of carbonyl (C=O) groups excluding carboxylic acids is 1. The summed E-state index contributed by atoms with van der Waals surface area (Å²) in [5, 5.41) is 0. The van der Waals surface area contributed by atoms with E-state index in [1.165, 1.54) is 0 Å². The molecule has 1 aliphatic heterocycles. The summed E-state index contributed by atoms with van der Waals surface area (Å²) in [6, 6.07) is 7.85. The maximum Gasteiger partial charge on any atom is 0.253 e. The fraction of sp³-hybridized carbons (Fsp3) is 0.467. The van der Waals surface area contributed by atoms with Crippen molar-refractivity contribution in [1.82, 2.24) is 9.80 Å². The van der Waals surface area contributed by atoms with Gasteiger partial charge in [0.2, 0.25) is 0 Å². The lowest BCUT2D eigenvalue weighted by Crippen LogP contribution is -2.54. The summed E-state index contributed by atoms with van der Waals surface area (Å²) in [5.41, 5.74) is 6.54. The molecule has 6 heteroatoms. The molecule has 1 aliphatic rings. The Kier molecular flexibility index (Phi) is 5.95. The highest BCUT2D eigenvalue weighted by Gasteiger charge is 2.26. The third kappa shape index (κ3) is 4.14. The fourth-order valence-electron chi connectivity index (χ4n) is 2.65. The predicted molar refractivity (Wildman–Crippen MR) is 97.5 cm³/mol. The maximum atomic E-state index is 12.4. The van der Waals surface area contributed by atoms with Crippen molar-refractivity contribution in [2.75, 3.05) is 26.2 Å². The van der Waals surface area contributed by atoms with E-state index in [0.717, 1.165) is 41.7 Å². The van der Waals surface area contributed by atoms with Gasteiger partial charge in [-0.15, -0.1) is 0 Å². The molecule has 1 heterocycles. The van der Waals surface area contributed by atoms with Gasteiger partial charge in [0.15, 0.2) is 0 Å². The molecular formula is C15H20IN3OS. The molecule has 2 rings (SSSR count). The SMILES string of the molecule is CCC(C(N)=S)N1CCN(C(=O)c2ccc(I)cc2)CC1. The van der Waals surface area contributed by atoms with Crippen LogP contribution in [0, 0.1) is 3.57 Å². The Bertz CT molecular complexity index is 512. The minimum atomic E-state index is 0.106. The van der Waals surface area contributed by atoms with E-state index in [0.29, 0.717) is 4.99 Å². The Morgan fingerprint density at radius 2 is 1.86 bits per heavy atom. The molecule has 1 unspecified atom stereocenters. The highest BCUT2D eigenvalue weighted by molar-refractivity contribution is 14.1. The monoisotopic (exact) mass is 417 g/mol. The van der Waals surface area contributed by atoms with E-state index >= 15 is 0 Å². The molecule has 0 aliphatic carbocycles. The molecule has 114 valence electrons. The van der Waals surface area contributed by atoms with Crippen LogP contribution in [0.25, 0.3) is 0 Å². The van der Waals surface area contributed by atoms with E-state index in [1.807, 2.05) is 29.2 Å². The van der Waals surface area contributed by atoms with Gasteiger partial charge in [-0.05, 0) is 53.3 Å².